The van der Waals surface area contributed by atoms with Crippen molar-refractivity contribution in [2.45, 2.75) is 25.8 Å². The third-order valence-electron chi connectivity index (χ3n) is 3.15. The molecule has 0 aromatic carbocycles. The van der Waals surface area contributed by atoms with Gasteiger partial charge in [-0.2, -0.15) is 0 Å². The highest BCUT2D eigenvalue weighted by molar-refractivity contribution is 7.91. The Balaban J connectivity index is 2.40. The zero-order valence-corrected chi connectivity index (χ0v) is 12.7. The SMILES string of the molecule is COCCCN(CC(=O)NC1CCS(=O)(=O)C1)C(C)=O. The van der Waals surface area contributed by atoms with Crippen molar-refractivity contribution < 1.29 is 22.7 Å². The summed E-state index contributed by atoms with van der Waals surface area (Å²) < 4.78 is 27.5. The number of amides is 2. The molecule has 1 atom stereocenters. The maximum Gasteiger partial charge on any atom is 0.239 e. The largest absolute Gasteiger partial charge is 0.385 e. The van der Waals surface area contributed by atoms with E-state index in [-0.39, 0.29) is 35.9 Å². The second-order valence-electron chi connectivity index (χ2n) is 4.95. The van der Waals surface area contributed by atoms with Crippen LogP contribution in [0.1, 0.15) is 19.8 Å². The zero-order valence-electron chi connectivity index (χ0n) is 11.9. The second-order valence-corrected chi connectivity index (χ2v) is 7.18. The van der Waals surface area contributed by atoms with E-state index < -0.39 is 9.84 Å². The normalized spacial score (nSPS) is 20.6. The Morgan fingerprint density at radius 2 is 2.10 bits per heavy atom. The first-order chi connectivity index (χ1) is 9.34. The van der Waals surface area contributed by atoms with E-state index in [2.05, 4.69) is 5.32 Å². The molecular formula is C12H22N2O5S. The molecule has 0 aromatic heterocycles. The van der Waals surface area contributed by atoms with Crippen LogP contribution in [0, 0.1) is 0 Å². The van der Waals surface area contributed by atoms with Crippen LogP contribution in [0.15, 0.2) is 0 Å². The van der Waals surface area contributed by atoms with E-state index in [0.717, 1.165) is 0 Å². The fraction of sp³-hybridized carbons (Fsp3) is 0.833. The molecule has 1 fully saturated rings. The van der Waals surface area contributed by atoms with Crippen LogP contribution in [0.25, 0.3) is 0 Å². The van der Waals surface area contributed by atoms with Crippen molar-refractivity contribution >= 4 is 21.7 Å². The smallest absolute Gasteiger partial charge is 0.239 e. The van der Waals surface area contributed by atoms with Gasteiger partial charge in [0.1, 0.15) is 0 Å². The van der Waals surface area contributed by atoms with Crippen LogP contribution in [0.2, 0.25) is 0 Å². The summed E-state index contributed by atoms with van der Waals surface area (Å²) in [6, 6.07) is -0.333. The summed E-state index contributed by atoms with van der Waals surface area (Å²) in [5, 5.41) is 2.67. The minimum atomic E-state index is -3.02. The van der Waals surface area contributed by atoms with E-state index in [1.807, 2.05) is 0 Å². The summed E-state index contributed by atoms with van der Waals surface area (Å²) in [5.74, 6) is -0.403. The van der Waals surface area contributed by atoms with Gasteiger partial charge in [0.25, 0.3) is 0 Å². The standard InChI is InChI=1S/C12H22N2O5S/c1-10(15)14(5-3-6-19-2)8-12(16)13-11-4-7-20(17,18)9-11/h11H,3-9H2,1-2H3,(H,13,16). The molecule has 1 aliphatic heterocycles. The third-order valence-corrected chi connectivity index (χ3v) is 4.92. The summed E-state index contributed by atoms with van der Waals surface area (Å²) in [6.07, 6.45) is 1.10. The molecule has 0 bridgehead atoms. The molecular weight excluding hydrogens is 284 g/mol. The van der Waals surface area contributed by atoms with Gasteiger partial charge in [-0.3, -0.25) is 9.59 Å². The monoisotopic (exact) mass is 306 g/mol. The zero-order chi connectivity index (χ0) is 15.2. The first-order valence-electron chi connectivity index (χ1n) is 6.58. The molecule has 0 aromatic rings. The van der Waals surface area contributed by atoms with Gasteiger partial charge in [0.15, 0.2) is 9.84 Å². The molecule has 1 heterocycles. The van der Waals surface area contributed by atoms with Gasteiger partial charge in [-0.25, -0.2) is 8.42 Å². The number of hydrogen-bond acceptors (Lipinski definition) is 5. The van der Waals surface area contributed by atoms with Gasteiger partial charge in [0.2, 0.25) is 11.8 Å². The van der Waals surface area contributed by atoms with Gasteiger partial charge in [0, 0.05) is 33.2 Å². The summed E-state index contributed by atoms with van der Waals surface area (Å²) in [4.78, 5) is 24.7. The van der Waals surface area contributed by atoms with Gasteiger partial charge in [0.05, 0.1) is 18.1 Å². The first kappa shape index (κ1) is 16.9. The molecule has 1 N–H and O–H groups in total. The Morgan fingerprint density at radius 1 is 1.40 bits per heavy atom. The van der Waals surface area contributed by atoms with Gasteiger partial charge >= 0.3 is 0 Å². The Hall–Kier alpha value is -1.15. The Kier molecular flexibility index (Phi) is 6.41. The number of nitrogens with zero attached hydrogens (tertiary/aromatic N) is 1. The topological polar surface area (TPSA) is 92.8 Å². The van der Waals surface area contributed by atoms with Gasteiger partial charge in [-0.05, 0) is 12.8 Å². The lowest BCUT2D eigenvalue weighted by molar-refractivity contribution is -0.134. The predicted molar refractivity (Wildman–Crippen MR) is 73.9 cm³/mol. The van der Waals surface area contributed by atoms with Gasteiger partial charge in [-0.15, -0.1) is 0 Å². The van der Waals surface area contributed by atoms with E-state index in [9.17, 15) is 18.0 Å². The summed E-state index contributed by atoms with van der Waals surface area (Å²) in [6.45, 7) is 2.32. The van der Waals surface area contributed by atoms with Crippen LogP contribution in [0.3, 0.4) is 0 Å². The van der Waals surface area contributed by atoms with Crippen LogP contribution in [0.4, 0.5) is 0 Å². The minimum Gasteiger partial charge on any atom is -0.385 e. The van der Waals surface area contributed by atoms with Crippen LogP contribution in [-0.4, -0.2) is 69.5 Å². The van der Waals surface area contributed by atoms with Crippen molar-refractivity contribution in [2.75, 3.05) is 38.3 Å². The van der Waals surface area contributed by atoms with Crippen molar-refractivity contribution in [1.29, 1.82) is 0 Å². The number of methoxy groups -OCH3 is 1. The minimum absolute atomic E-state index is 0.0114. The number of nitrogens with one attached hydrogen (secondary N) is 1. The quantitative estimate of drug-likeness (QED) is 0.620. The highest BCUT2D eigenvalue weighted by atomic mass is 32.2. The molecule has 0 spiro atoms. The van der Waals surface area contributed by atoms with Crippen molar-refractivity contribution in [3.8, 4) is 0 Å². The molecule has 8 heteroatoms. The maximum absolute atomic E-state index is 11.8. The molecule has 0 aliphatic carbocycles. The number of rotatable bonds is 7. The van der Waals surface area contributed by atoms with E-state index in [1.54, 1.807) is 7.11 Å². The lowest BCUT2D eigenvalue weighted by Gasteiger charge is -2.21. The second kappa shape index (κ2) is 7.58. The molecule has 2 amide bonds. The van der Waals surface area contributed by atoms with E-state index >= 15 is 0 Å². The van der Waals surface area contributed by atoms with Crippen molar-refractivity contribution in [2.24, 2.45) is 0 Å². The molecule has 116 valence electrons. The third kappa shape index (κ3) is 5.87. The first-order valence-corrected chi connectivity index (χ1v) is 8.40. The number of ether oxygens (including phenoxy) is 1. The molecule has 7 nitrogen and oxygen atoms in total. The summed E-state index contributed by atoms with van der Waals surface area (Å²) in [7, 11) is -1.44. The number of hydrogen-bond donors (Lipinski definition) is 1. The molecule has 1 aliphatic rings. The maximum atomic E-state index is 11.8. The van der Waals surface area contributed by atoms with Crippen LogP contribution < -0.4 is 5.32 Å². The van der Waals surface area contributed by atoms with E-state index in [0.29, 0.717) is 26.0 Å². The number of carbonyl (C=O) groups is 2. The van der Waals surface area contributed by atoms with Crippen LogP contribution in [-0.2, 0) is 24.2 Å². The van der Waals surface area contributed by atoms with E-state index in [1.165, 1.54) is 11.8 Å². The van der Waals surface area contributed by atoms with Crippen LogP contribution >= 0.6 is 0 Å². The fourth-order valence-corrected chi connectivity index (χ4v) is 3.78. The predicted octanol–water partition coefficient (Wildman–Crippen LogP) is -0.825. The molecule has 0 radical (unpaired) electrons. The Bertz CT molecular complexity index is 449. The number of sulfone groups is 1. The highest BCUT2D eigenvalue weighted by Gasteiger charge is 2.29. The number of carbonyl (C=O) groups excluding carboxylic acids is 2. The average Bonchev–Trinajstić information content (AvgIpc) is 2.67. The van der Waals surface area contributed by atoms with Gasteiger partial charge < -0.3 is 15.0 Å². The Labute approximate surface area is 119 Å². The highest BCUT2D eigenvalue weighted by Crippen LogP contribution is 2.11. The lowest BCUT2D eigenvalue weighted by atomic mass is 10.2. The van der Waals surface area contributed by atoms with Crippen molar-refractivity contribution in [3.05, 3.63) is 0 Å². The van der Waals surface area contributed by atoms with Crippen molar-refractivity contribution in [1.82, 2.24) is 10.2 Å². The Morgan fingerprint density at radius 3 is 2.60 bits per heavy atom. The average molecular weight is 306 g/mol. The molecule has 1 saturated heterocycles. The van der Waals surface area contributed by atoms with E-state index in [4.69, 9.17) is 4.74 Å². The van der Waals surface area contributed by atoms with Crippen molar-refractivity contribution in [3.63, 3.8) is 0 Å². The van der Waals surface area contributed by atoms with Gasteiger partial charge in [-0.1, -0.05) is 0 Å². The lowest BCUT2D eigenvalue weighted by Crippen LogP contribution is -2.44. The molecule has 20 heavy (non-hydrogen) atoms. The summed E-state index contributed by atoms with van der Waals surface area (Å²) >= 11 is 0. The molecule has 1 rings (SSSR count). The fourth-order valence-electron chi connectivity index (χ4n) is 2.10. The summed E-state index contributed by atoms with van der Waals surface area (Å²) in [5.41, 5.74) is 0. The molecule has 1 unspecified atom stereocenters. The van der Waals surface area contributed by atoms with Crippen LogP contribution in [0.5, 0.6) is 0 Å². The molecule has 0 saturated carbocycles.